The number of nitrogens with zero attached hydrogens (tertiary/aromatic N) is 1. The Balaban J connectivity index is 1.69. The molecule has 0 spiro atoms. The molecule has 2 aliphatic heterocycles. The standard InChI is InChI=1S/C13H24N2O2/c1-2-17-10-11-5-7-15(9-11)13(16)8-12-4-3-6-14-12/h11-12,14H,2-10H2,1H3. The van der Waals surface area contributed by atoms with Gasteiger partial charge in [0.05, 0.1) is 6.61 Å². The predicted octanol–water partition coefficient (Wildman–Crippen LogP) is 1.01. The van der Waals surface area contributed by atoms with Crippen LogP contribution in [0, 0.1) is 5.92 Å². The monoisotopic (exact) mass is 240 g/mol. The van der Waals surface area contributed by atoms with Crippen LogP contribution in [0.1, 0.15) is 32.6 Å². The highest BCUT2D eigenvalue weighted by atomic mass is 16.5. The van der Waals surface area contributed by atoms with E-state index >= 15 is 0 Å². The molecular weight excluding hydrogens is 216 g/mol. The summed E-state index contributed by atoms with van der Waals surface area (Å²) in [6, 6.07) is 0.424. The maximum atomic E-state index is 12.1. The van der Waals surface area contributed by atoms with Crippen LogP contribution in [0.5, 0.6) is 0 Å². The molecule has 4 heteroatoms. The van der Waals surface area contributed by atoms with Gasteiger partial charge in [-0.3, -0.25) is 4.79 Å². The van der Waals surface area contributed by atoms with E-state index in [1.807, 2.05) is 11.8 Å². The van der Waals surface area contributed by atoms with Crippen LogP contribution in [0.25, 0.3) is 0 Å². The lowest BCUT2D eigenvalue weighted by Gasteiger charge is -2.19. The Kier molecular flexibility index (Phi) is 4.80. The van der Waals surface area contributed by atoms with Gasteiger partial charge in [-0.2, -0.15) is 0 Å². The number of rotatable bonds is 5. The van der Waals surface area contributed by atoms with Crippen molar-refractivity contribution in [3.63, 3.8) is 0 Å². The Bertz CT molecular complexity index is 252. The second kappa shape index (κ2) is 6.36. The van der Waals surface area contributed by atoms with E-state index in [1.165, 1.54) is 6.42 Å². The van der Waals surface area contributed by atoms with E-state index in [1.54, 1.807) is 0 Å². The van der Waals surface area contributed by atoms with Gasteiger partial charge in [0.2, 0.25) is 5.91 Å². The molecule has 2 fully saturated rings. The van der Waals surface area contributed by atoms with Crippen LogP contribution in [-0.4, -0.2) is 49.7 Å². The van der Waals surface area contributed by atoms with Crippen molar-refractivity contribution in [2.24, 2.45) is 5.92 Å². The first-order chi connectivity index (χ1) is 8.29. The topological polar surface area (TPSA) is 41.6 Å². The van der Waals surface area contributed by atoms with Crippen molar-refractivity contribution < 1.29 is 9.53 Å². The summed E-state index contributed by atoms with van der Waals surface area (Å²) in [7, 11) is 0. The molecule has 1 amide bonds. The fourth-order valence-corrected chi connectivity index (χ4v) is 2.75. The summed E-state index contributed by atoms with van der Waals surface area (Å²) in [6.07, 6.45) is 4.15. The molecule has 0 aromatic carbocycles. The molecule has 0 aliphatic carbocycles. The van der Waals surface area contributed by atoms with Gasteiger partial charge < -0.3 is 15.0 Å². The molecule has 0 aromatic rings. The van der Waals surface area contributed by atoms with Gasteiger partial charge in [0, 0.05) is 38.1 Å². The zero-order chi connectivity index (χ0) is 12.1. The first-order valence-electron chi connectivity index (χ1n) is 6.88. The molecule has 0 saturated carbocycles. The molecule has 2 atom stereocenters. The highest BCUT2D eigenvalue weighted by Gasteiger charge is 2.28. The van der Waals surface area contributed by atoms with Crippen molar-refractivity contribution in [3.05, 3.63) is 0 Å². The number of hydrogen-bond acceptors (Lipinski definition) is 3. The van der Waals surface area contributed by atoms with Gasteiger partial charge in [0.25, 0.3) is 0 Å². The molecule has 2 heterocycles. The number of likely N-dealkylation sites (tertiary alicyclic amines) is 1. The molecule has 98 valence electrons. The number of carbonyl (C=O) groups excluding carboxylic acids is 1. The lowest BCUT2D eigenvalue weighted by Crippen LogP contribution is -2.34. The van der Waals surface area contributed by atoms with Crippen molar-refractivity contribution in [1.29, 1.82) is 0 Å². The molecule has 4 nitrogen and oxygen atoms in total. The average Bonchev–Trinajstić information content (AvgIpc) is 2.96. The highest BCUT2D eigenvalue weighted by molar-refractivity contribution is 5.77. The van der Waals surface area contributed by atoms with Gasteiger partial charge in [-0.05, 0) is 32.7 Å². The van der Waals surface area contributed by atoms with Gasteiger partial charge in [0.15, 0.2) is 0 Å². The SMILES string of the molecule is CCOCC1CCN(C(=O)CC2CCCN2)C1. The molecule has 2 saturated heterocycles. The number of amides is 1. The summed E-state index contributed by atoms with van der Waals surface area (Å²) >= 11 is 0. The number of ether oxygens (including phenoxy) is 1. The molecule has 2 aliphatic rings. The molecule has 0 aromatic heterocycles. The van der Waals surface area contributed by atoms with Gasteiger partial charge >= 0.3 is 0 Å². The smallest absolute Gasteiger partial charge is 0.224 e. The van der Waals surface area contributed by atoms with E-state index < -0.39 is 0 Å². The Labute approximate surface area is 104 Å². The number of nitrogens with one attached hydrogen (secondary N) is 1. The van der Waals surface area contributed by atoms with Crippen LogP contribution in [-0.2, 0) is 9.53 Å². The quantitative estimate of drug-likeness (QED) is 0.780. The maximum Gasteiger partial charge on any atom is 0.224 e. The zero-order valence-corrected chi connectivity index (χ0v) is 10.8. The van der Waals surface area contributed by atoms with E-state index in [2.05, 4.69) is 5.32 Å². The fourth-order valence-electron chi connectivity index (χ4n) is 2.75. The zero-order valence-electron chi connectivity index (χ0n) is 10.8. The van der Waals surface area contributed by atoms with Crippen LogP contribution in [0.3, 0.4) is 0 Å². The second-order valence-corrected chi connectivity index (χ2v) is 5.15. The third-order valence-corrected chi connectivity index (χ3v) is 3.78. The summed E-state index contributed by atoms with van der Waals surface area (Å²) in [5.41, 5.74) is 0. The largest absolute Gasteiger partial charge is 0.381 e. The van der Waals surface area contributed by atoms with Gasteiger partial charge in [0.1, 0.15) is 0 Å². The van der Waals surface area contributed by atoms with Crippen molar-refractivity contribution in [1.82, 2.24) is 10.2 Å². The van der Waals surface area contributed by atoms with E-state index in [9.17, 15) is 4.79 Å². The van der Waals surface area contributed by atoms with Crippen LogP contribution >= 0.6 is 0 Å². The Morgan fingerprint density at radius 3 is 3.06 bits per heavy atom. The minimum Gasteiger partial charge on any atom is -0.381 e. The van der Waals surface area contributed by atoms with Crippen molar-refractivity contribution in [2.75, 3.05) is 32.8 Å². The molecule has 2 unspecified atom stereocenters. The summed E-state index contributed by atoms with van der Waals surface area (Å²) in [5.74, 6) is 0.874. The third-order valence-electron chi connectivity index (χ3n) is 3.78. The molecule has 0 radical (unpaired) electrons. The fraction of sp³-hybridized carbons (Fsp3) is 0.923. The van der Waals surface area contributed by atoms with Crippen LogP contribution in [0.2, 0.25) is 0 Å². The Morgan fingerprint density at radius 2 is 2.35 bits per heavy atom. The molecule has 0 bridgehead atoms. The predicted molar refractivity (Wildman–Crippen MR) is 66.8 cm³/mol. The number of carbonyl (C=O) groups is 1. The van der Waals surface area contributed by atoms with Crippen molar-refractivity contribution in [3.8, 4) is 0 Å². The molecular formula is C13H24N2O2. The van der Waals surface area contributed by atoms with Gasteiger partial charge in [-0.25, -0.2) is 0 Å². The molecule has 2 rings (SSSR count). The van der Waals surface area contributed by atoms with E-state index in [0.29, 0.717) is 24.3 Å². The number of hydrogen-bond donors (Lipinski definition) is 1. The lowest BCUT2D eigenvalue weighted by atomic mass is 10.1. The van der Waals surface area contributed by atoms with Crippen molar-refractivity contribution >= 4 is 5.91 Å². The van der Waals surface area contributed by atoms with Gasteiger partial charge in [-0.15, -0.1) is 0 Å². The van der Waals surface area contributed by atoms with Crippen LogP contribution in [0.15, 0.2) is 0 Å². The maximum absolute atomic E-state index is 12.1. The summed E-state index contributed by atoms with van der Waals surface area (Å²) < 4.78 is 5.43. The normalized spacial score (nSPS) is 28.9. The Hall–Kier alpha value is -0.610. The minimum absolute atomic E-state index is 0.323. The third kappa shape index (κ3) is 3.68. The van der Waals surface area contributed by atoms with E-state index in [0.717, 1.165) is 45.7 Å². The average molecular weight is 240 g/mol. The first-order valence-corrected chi connectivity index (χ1v) is 6.88. The summed E-state index contributed by atoms with van der Waals surface area (Å²) in [5, 5.41) is 3.38. The summed E-state index contributed by atoms with van der Waals surface area (Å²) in [6.45, 7) is 6.49. The molecule has 1 N–H and O–H groups in total. The van der Waals surface area contributed by atoms with E-state index in [4.69, 9.17) is 4.74 Å². The first kappa shape index (κ1) is 12.8. The van der Waals surface area contributed by atoms with Gasteiger partial charge in [-0.1, -0.05) is 0 Å². The second-order valence-electron chi connectivity index (χ2n) is 5.15. The van der Waals surface area contributed by atoms with E-state index in [-0.39, 0.29) is 0 Å². The highest BCUT2D eigenvalue weighted by Crippen LogP contribution is 2.19. The minimum atomic E-state index is 0.323. The van der Waals surface area contributed by atoms with Crippen LogP contribution in [0.4, 0.5) is 0 Å². The Morgan fingerprint density at radius 1 is 1.47 bits per heavy atom. The summed E-state index contributed by atoms with van der Waals surface area (Å²) in [4.78, 5) is 14.1. The molecule has 17 heavy (non-hydrogen) atoms. The van der Waals surface area contributed by atoms with Crippen LogP contribution < -0.4 is 5.32 Å². The van der Waals surface area contributed by atoms with Crippen molar-refractivity contribution in [2.45, 2.75) is 38.6 Å². The lowest BCUT2D eigenvalue weighted by molar-refractivity contribution is -0.130.